The second kappa shape index (κ2) is 5.79. The van der Waals surface area contributed by atoms with E-state index in [1.54, 1.807) is 29.7 Å². The molecule has 0 amide bonds. The zero-order chi connectivity index (χ0) is 13.0. The summed E-state index contributed by atoms with van der Waals surface area (Å²) in [6.45, 7) is 2.11. The number of nitrogen functional groups attached to an aromatic ring is 1. The predicted octanol–water partition coefficient (Wildman–Crippen LogP) is 2.89. The van der Waals surface area contributed by atoms with Gasteiger partial charge in [-0.25, -0.2) is 9.78 Å². The van der Waals surface area contributed by atoms with Gasteiger partial charge in [0.05, 0.1) is 17.9 Å². The van der Waals surface area contributed by atoms with Crippen LogP contribution in [-0.2, 0) is 9.53 Å². The number of esters is 1. The standard InChI is InChI=1S/C12H12N2O2S2/c1-2-16-11(15)9(5-8-3-4-17-6-8)10-7-18-12(13)14-10/h3-7H,2H2,1H3,(H2,13,14)/b9-5-. The highest BCUT2D eigenvalue weighted by molar-refractivity contribution is 7.13. The highest BCUT2D eigenvalue weighted by atomic mass is 32.1. The number of thiazole rings is 1. The molecule has 0 aliphatic carbocycles. The smallest absolute Gasteiger partial charge is 0.340 e. The van der Waals surface area contributed by atoms with Gasteiger partial charge >= 0.3 is 5.97 Å². The number of nitrogens with zero attached hydrogens (tertiary/aromatic N) is 1. The van der Waals surface area contributed by atoms with Crippen molar-refractivity contribution in [1.82, 2.24) is 4.98 Å². The molecule has 94 valence electrons. The Kier molecular flexibility index (Phi) is 4.11. The minimum Gasteiger partial charge on any atom is -0.462 e. The van der Waals surface area contributed by atoms with Crippen LogP contribution in [0.15, 0.2) is 22.2 Å². The summed E-state index contributed by atoms with van der Waals surface area (Å²) in [5, 5.41) is 6.09. The summed E-state index contributed by atoms with van der Waals surface area (Å²) in [4.78, 5) is 16.0. The van der Waals surface area contributed by atoms with Crippen LogP contribution in [0.4, 0.5) is 5.13 Å². The van der Waals surface area contributed by atoms with E-state index in [9.17, 15) is 4.79 Å². The molecule has 2 aromatic heterocycles. The topological polar surface area (TPSA) is 65.2 Å². The molecule has 2 N–H and O–H groups in total. The lowest BCUT2D eigenvalue weighted by molar-refractivity contribution is -0.136. The second-order valence-corrected chi connectivity index (χ2v) is 5.08. The van der Waals surface area contributed by atoms with E-state index in [2.05, 4.69) is 4.98 Å². The molecule has 0 unspecified atom stereocenters. The molecule has 0 aliphatic heterocycles. The molecule has 0 aromatic carbocycles. The summed E-state index contributed by atoms with van der Waals surface area (Å²) in [6, 6.07) is 1.93. The van der Waals surface area contributed by atoms with E-state index >= 15 is 0 Å². The minimum absolute atomic E-state index is 0.333. The molecular weight excluding hydrogens is 268 g/mol. The first kappa shape index (κ1) is 12.8. The fourth-order valence-electron chi connectivity index (χ4n) is 1.38. The van der Waals surface area contributed by atoms with Crippen molar-refractivity contribution in [3.63, 3.8) is 0 Å². The van der Waals surface area contributed by atoms with Crippen molar-refractivity contribution < 1.29 is 9.53 Å². The first-order valence-corrected chi connectivity index (χ1v) is 7.15. The number of carbonyl (C=O) groups excluding carboxylic acids is 1. The van der Waals surface area contributed by atoms with Gasteiger partial charge in [-0.2, -0.15) is 11.3 Å². The number of carbonyl (C=O) groups is 1. The van der Waals surface area contributed by atoms with Crippen molar-refractivity contribution in [3.8, 4) is 0 Å². The zero-order valence-corrected chi connectivity index (χ0v) is 11.4. The number of hydrogen-bond acceptors (Lipinski definition) is 6. The second-order valence-electron chi connectivity index (χ2n) is 3.41. The maximum Gasteiger partial charge on any atom is 0.340 e. The maximum absolute atomic E-state index is 11.9. The van der Waals surface area contributed by atoms with Gasteiger partial charge in [0.2, 0.25) is 0 Å². The number of nitrogens with two attached hydrogens (primary N) is 1. The quantitative estimate of drug-likeness (QED) is 0.691. The highest BCUT2D eigenvalue weighted by Gasteiger charge is 2.16. The molecule has 0 radical (unpaired) electrons. The number of ether oxygens (including phenoxy) is 1. The maximum atomic E-state index is 11.9. The summed E-state index contributed by atoms with van der Waals surface area (Å²) < 4.78 is 5.04. The van der Waals surface area contributed by atoms with Crippen LogP contribution in [0.2, 0.25) is 0 Å². The van der Waals surface area contributed by atoms with E-state index < -0.39 is 0 Å². The molecule has 18 heavy (non-hydrogen) atoms. The Hall–Kier alpha value is -1.66. The van der Waals surface area contributed by atoms with Crippen molar-refractivity contribution in [3.05, 3.63) is 33.5 Å². The summed E-state index contributed by atoms with van der Waals surface area (Å²) in [6.07, 6.45) is 1.77. The number of aromatic nitrogens is 1. The molecule has 2 rings (SSSR count). The molecular formula is C12H12N2O2S2. The molecule has 2 heterocycles. The van der Waals surface area contributed by atoms with Gasteiger partial charge in [-0.05, 0) is 35.4 Å². The fourth-order valence-corrected chi connectivity index (χ4v) is 2.56. The summed E-state index contributed by atoms with van der Waals surface area (Å²) in [5.41, 5.74) is 7.54. The molecule has 0 saturated carbocycles. The van der Waals surface area contributed by atoms with Crippen LogP contribution in [0.5, 0.6) is 0 Å². The Bertz CT molecular complexity index is 558. The number of anilines is 1. The van der Waals surface area contributed by atoms with E-state index in [4.69, 9.17) is 10.5 Å². The molecule has 0 bridgehead atoms. The highest BCUT2D eigenvalue weighted by Crippen LogP contribution is 2.23. The number of rotatable bonds is 4. The Labute approximate surface area is 113 Å². The van der Waals surface area contributed by atoms with Gasteiger partial charge in [-0.3, -0.25) is 0 Å². The first-order valence-electron chi connectivity index (χ1n) is 5.33. The average molecular weight is 280 g/mol. The van der Waals surface area contributed by atoms with Crippen molar-refractivity contribution >= 4 is 45.4 Å². The third-order valence-corrected chi connectivity index (χ3v) is 3.52. The van der Waals surface area contributed by atoms with Gasteiger partial charge in [0.25, 0.3) is 0 Å². The van der Waals surface area contributed by atoms with Crippen LogP contribution < -0.4 is 5.73 Å². The Morgan fingerprint density at radius 3 is 2.94 bits per heavy atom. The normalized spacial score (nSPS) is 11.5. The van der Waals surface area contributed by atoms with Crippen molar-refractivity contribution in [1.29, 1.82) is 0 Å². The van der Waals surface area contributed by atoms with Crippen LogP contribution in [0.1, 0.15) is 18.2 Å². The largest absolute Gasteiger partial charge is 0.462 e. The third kappa shape index (κ3) is 2.96. The van der Waals surface area contributed by atoms with E-state index in [0.29, 0.717) is 23.0 Å². The van der Waals surface area contributed by atoms with E-state index in [-0.39, 0.29) is 5.97 Å². The number of thiophene rings is 1. The van der Waals surface area contributed by atoms with Crippen LogP contribution in [0.25, 0.3) is 11.6 Å². The SMILES string of the molecule is CCOC(=O)/C(=C\c1ccsc1)c1csc(N)n1. The van der Waals surface area contributed by atoms with E-state index in [0.717, 1.165) is 5.56 Å². The fraction of sp³-hybridized carbons (Fsp3) is 0.167. The van der Waals surface area contributed by atoms with Crippen LogP contribution in [-0.4, -0.2) is 17.6 Å². The minimum atomic E-state index is -0.381. The van der Waals surface area contributed by atoms with Crippen LogP contribution in [0, 0.1) is 0 Å². The Balaban J connectivity index is 2.37. The van der Waals surface area contributed by atoms with Gasteiger partial charge < -0.3 is 10.5 Å². The molecule has 0 spiro atoms. The lowest BCUT2D eigenvalue weighted by Crippen LogP contribution is -2.07. The van der Waals surface area contributed by atoms with Gasteiger partial charge in [0.15, 0.2) is 5.13 Å². The van der Waals surface area contributed by atoms with Gasteiger partial charge in [-0.15, -0.1) is 11.3 Å². The van der Waals surface area contributed by atoms with Crippen molar-refractivity contribution in [2.45, 2.75) is 6.92 Å². The average Bonchev–Trinajstić information content (AvgIpc) is 2.97. The zero-order valence-electron chi connectivity index (χ0n) is 9.75. The van der Waals surface area contributed by atoms with Gasteiger partial charge in [0.1, 0.15) is 0 Å². The van der Waals surface area contributed by atoms with E-state index in [1.807, 2.05) is 16.8 Å². The lowest BCUT2D eigenvalue weighted by atomic mass is 10.1. The third-order valence-electron chi connectivity index (χ3n) is 2.15. The molecule has 0 atom stereocenters. The molecule has 6 heteroatoms. The monoisotopic (exact) mass is 280 g/mol. The molecule has 2 aromatic rings. The molecule has 0 saturated heterocycles. The van der Waals surface area contributed by atoms with Crippen molar-refractivity contribution in [2.75, 3.05) is 12.3 Å². The summed E-state index contributed by atoms with van der Waals surface area (Å²) >= 11 is 2.87. The molecule has 4 nitrogen and oxygen atoms in total. The molecule has 0 fully saturated rings. The summed E-state index contributed by atoms with van der Waals surface area (Å²) in [7, 11) is 0. The van der Waals surface area contributed by atoms with Crippen LogP contribution >= 0.6 is 22.7 Å². The Morgan fingerprint density at radius 2 is 2.39 bits per heavy atom. The number of hydrogen-bond donors (Lipinski definition) is 1. The van der Waals surface area contributed by atoms with Crippen LogP contribution in [0.3, 0.4) is 0 Å². The summed E-state index contributed by atoms with van der Waals surface area (Å²) in [5.74, 6) is -0.381. The van der Waals surface area contributed by atoms with E-state index in [1.165, 1.54) is 11.3 Å². The van der Waals surface area contributed by atoms with Gasteiger partial charge in [0, 0.05) is 5.38 Å². The van der Waals surface area contributed by atoms with Crippen molar-refractivity contribution in [2.24, 2.45) is 0 Å². The Morgan fingerprint density at radius 1 is 1.56 bits per heavy atom. The predicted molar refractivity (Wildman–Crippen MR) is 75.3 cm³/mol. The first-order chi connectivity index (χ1) is 8.70. The lowest BCUT2D eigenvalue weighted by Gasteiger charge is -2.03. The van der Waals surface area contributed by atoms with Gasteiger partial charge in [-0.1, -0.05) is 0 Å². The molecule has 0 aliphatic rings.